The number of carbonyl (C=O) groups is 1. The monoisotopic (exact) mass is 408 g/mol. The second kappa shape index (κ2) is 6.69. The van der Waals surface area contributed by atoms with E-state index in [4.69, 9.17) is 9.47 Å². The van der Waals surface area contributed by atoms with Crippen molar-refractivity contribution in [1.29, 1.82) is 0 Å². The molecule has 4 heteroatoms. The highest BCUT2D eigenvalue weighted by molar-refractivity contribution is 14.1. The van der Waals surface area contributed by atoms with Crippen LogP contribution in [0.2, 0.25) is 0 Å². The number of hydrogen-bond acceptors (Lipinski definition) is 3. The molecular weight excluding hydrogens is 391 g/mol. The third-order valence-corrected chi connectivity index (χ3v) is 5.03. The summed E-state index contributed by atoms with van der Waals surface area (Å²) in [5, 5.41) is 0. The zero-order valence-electron chi connectivity index (χ0n) is 12.3. The number of aryl methyl sites for hydroxylation is 1. The van der Waals surface area contributed by atoms with Crippen LogP contribution in [0.5, 0.6) is 11.5 Å². The molecule has 3 rings (SSSR count). The summed E-state index contributed by atoms with van der Waals surface area (Å²) in [6, 6.07) is 13.7. The topological polar surface area (TPSA) is 35.5 Å². The highest BCUT2D eigenvalue weighted by Gasteiger charge is 2.27. The van der Waals surface area contributed by atoms with E-state index in [1.54, 1.807) is 7.11 Å². The Hall–Kier alpha value is -1.56. The molecule has 0 bridgehead atoms. The average molecular weight is 408 g/mol. The van der Waals surface area contributed by atoms with Gasteiger partial charge in [0.1, 0.15) is 6.61 Å². The summed E-state index contributed by atoms with van der Waals surface area (Å²) in [7, 11) is 1.63. The lowest BCUT2D eigenvalue weighted by molar-refractivity contribution is 0.0984. The van der Waals surface area contributed by atoms with Crippen LogP contribution in [0.25, 0.3) is 0 Å². The number of ether oxygens (including phenoxy) is 2. The molecule has 114 valence electrons. The van der Waals surface area contributed by atoms with Crippen molar-refractivity contribution in [2.75, 3.05) is 7.11 Å². The van der Waals surface area contributed by atoms with E-state index in [1.807, 2.05) is 42.5 Å². The molecule has 0 saturated heterocycles. The fourth-order valence-electron chi connectivity index (χ4n) is 2.63. The van der Waals surface area contributed by atoms with Crippen molar-refractivity contribution in [1.82, 2.24) is 0 Å². The molecule has 2 aromatic rings. The summed E-state index contributed by atoms with van der Waals surface area (Å²) in [5.74, 6) is 1.51. The highest BCUT2D eigenvalue weighted by atomic mass is 127. The predicted octanol–water partition coefficient (Wildman–Crippen LogP) is 4.21. The number of ketones is 1. The zero-order valence-corrected chi connectivity index (χ0v) is 14.5. The van der Waals surface area contributed by atoms with E-state index in [9.17, 15) is 4.79 Å². The number of methoxy groups -OCH3 is 1. The minimum absolute atomic E-state index is 0.0560. The average Bonchev–Trinajstić information content (AvgIpc) is 2.57. The first kappa shape index (κ1) is 15.3. The SMILES string of the molecule is COc1cc2c(cc1OCc1ccccc1)C(=O)C(I)CC2. The Morgan fingerprint density at radius 3 is 2.68 bits per heavy atom. The quantitative estimate of drug-likeness (QED) is 0.562. The van der Waals surface area contributed by atoms with Gasteiger partial charge in [-0.05, 0) is 36.1 Å². The lowest BCUT2D eigenvalue weighted by Gasteiger charge is -2.21. The third-order valence-electron chi connectivity index (χ3n) is 3.84. The predicted molar refractivity (Wildman–Crippen MR) is 94.2 cm³/mol. The van der Waals surface area contributed by atoms with E-state index in [2.05, 4.69) is 22.6 Å². The largest absolute Gasteiger partial charge is 0.493 e. The lowest BCUT2D eigenvalue weighted by Crippen LogP contribution is -2.22. The van der Waals surface area contributed by atoms with Gasteiger partial charge in [-0.15, -0.1) is 0 Å². The molecule has 0 amide bonds. The summed E-state index contributed by atoms with van der Waals surface area (Å²) >= 11 is 2.22. The Balaban J connectivity index is 1.88. The van der Waals surface area contributed by atoms with Crippen LogP contribution in [0.3, 0.4) is 0 Å². The molecule has 0 radical (unpaired) electrons. The number of benzene rings is 2. The smallest absolute Gasteiger partial charge is 0.176 e. The molecule has 1 atom stereocenters. The fourth-order valence-corrected chi connectivity index (χ4v) is 3.27. The normalized spacial score (nSPS) is 17.0. The Bertz CT molecular complexity index is 682. The van der Waals surface area contributed by atoms with Crippen LogP contribution in [0.1, 0.15) is 27.9 Å². The first-order chi connectivity index (χ1) is 10.7. The number of carbonyl (C=O) groups excluding carboxylic acids is 1. The Morgan fingerprint density at radius 2 is 1.95 bits per heavy atom. The fraction of sp³-hybridized carbons (Fsp3) is 0.278. The third kappa shape index (κ3) is 3.11. The van der Waals surface area contributed by atoms with Crippen LogP contribution in [0.4, 0.5) is 0 Å². The molecule has 0 spiro atoms. The van der Waals surface area contributed by atoms with Gasteiger partial charge in [0.25, 0.3) is 0 Å². The van der Waals surface area contributed by atoms with Crippen molar-refractivity contribution in [3.05, 3.63) is 59.2 Å². The van der Waals surface area contributed by atoms with Gasteiger partial charge >= 0.3 is 0 Å². The zero-order chi connectivity index (χ0) is 15.5. The van der Waals surface area contributed by atoms with Gasteiger partial charge < -0.3 is 9.47 Å². The second-order valence-electron chi connectivity index (χ2n) is 5.30. The molecule has 3 nitrogen and oxygen atoms in total. The summed E-state index contributed by atoms with van der Waals surface area (Å²) in [6.45, 7) is 0.456. The van der Waals surface area contributed by atoms with Crippen LogP contribution < -0.4 is 9.47 Å². The first-order valence-electron chi connectivity index (χ1n) is 7.25. The highest BCUT2D eigenvalue weighted by Crippen LogP contribution is 2.36. The number of hydrogen-bond donors (Lipinski definition) is 0. The van der Waals surface area contributed by atoms with E-state index in [0.29, 0.717) is 18.1 Å². The van der Waals surface area contributed by atoms with Crippen LogP contribution in [-0.2, 0) is 13.0 Å². The van der Waals surface area contributed by atoms with E-state index in [0.717, 1.165) is 29.5 Å². The van der Waals surface area contributed by atoms with Gasteiger partial charge in [-0.2, -0.15) is 0 Å². The minimum Gasteiger partial charge on any atom is -0.493 e. The van der Waals surface area contributed by atoms with Crippen molar-refractivity contribution in [2.24, 2.45) is 0 Å². The molecule has 2 aromatic carbocycles. The summed E-state index contributed by atoms with van der Waals surface area (Å²) in [4.78, 5) is 12.3. The first-order valence-corrected chi connectivity index (χ1v) is 8.49. The van der Waals surface area contributed by atoms with Gasteiger partial charge in [0, 0.05) is 5.56 Å². The number of alkyl halides is 1. The molecule has 0 aromatic heterocycles. The molecular formula is C18H17IO3. The van der Waals surface area contributed by atoms with Gasteiger partial charge in [-0.1, -0.05) is 52.9 Å². The Kier molecular flexibility index (Phi) is 4.66. The lowest BCUT2D eigenvalue weighted by atomic mass is 9.90. The van der Waals surface area contributed by atoms with Crippen molar-refractivity contribution in [3.63, 3.8) is 0 Å². The van der Waals surface area contributed by atoms with Crippen molar-refractivity contribution in [3.8, 4) is 11.5 Å². The van der Waals surface area contributed by atoms with Crippen LogP contribution in [-0.4, -0.2) is 16.8 Å². The van der Waals surface area contributed by atoms with Crippen molar-refractivity contribution >= 4 is 28.4 Å². The standard InChI is InChI=1S/C18H17IO3/c1-21-16-9-13-7-8-15(19)18(20)14(13)10-17(16)22-11-12-5-3-2-4-6-12/h2-6,9-10,15H,7-8,11H2,1H3. The molecule has 0 aliphatic heterocycles. The maximum absolute atomic E-state index is 12.3. The van der Waals surface area contributed by atoms with Gasteiger partial charge in [-0.3, -0.25) is 4.79 Å². The number of halogens is 1. The Morgan fingerprint density at radius 1 is 1.18 bits per heavy atom. The molecule has 1 aliphatic carbocycles. The van der Waals surface area contributed by atoms with Crippen LogP contribution in [0.15, 0.2) is 42.5 Å². The van der Waals surface area contributed by atoms with Gasteiger partial charge in [0.05, 0.1) is 11.0 Å². The summed E-state index contributed by atoms with van der Waals surface area (Å²) in [5.41, 5.74) is 2.91. The number of rotatable bonds is 4. The Labute approximate surface area is 143 Å². The summed E-state index contributed by atoms with van der Waals surface area (Å²) < 4.78 is 11.4. The van der Waals surface area contributed by atoms with Gasteiger partial charge in [0.2, 0.25) is 0 Å². The summed E-state index contributed by atoms with van der Waals surface area (Å²) in [6.07, 6.45) is 1.80. The maximum atomic E-state index is 12.3. The van der Waals surface area contributed by atoms with E-state index in [-0.39, 0.29) is 9.71 Å². The van der Waals surface area contributed by atoms with Crippen molar-refractivity contribution < 1.29 is 14.3 Å². The second-order valence-corrected chi connectivity index (χ2v) is 6.81. The van der Waals surface area contributed by atoms with Crippen LogP contribution in [0, 0.1) is 0 Å². The molecule has 0 fully saturated rings. The molecule has 0 N–H and O–H groups in total. The molecule has 1 aliphatic rings. The van der Waals surface area contributed by atoms with Gasteiger partial charge in [-0.25, -0.2) is 0 Å². The molecule has 0 heterocycles. The maximum Gasteiger partial charge on any atom is 0.176 e. The van der Waals surface area contributed by atoms with Crippen LogP contribution >= 0.6 is 22.6 Å². The van der Waals surface area contributed by atoms with E-state index in [1.165, 1.54) is 0 Å². The van der Waals surface area contributed by atoms with E-state index < -0.39 is 0 Å². The molecule has 1 unspecified atom stereocenters. The molecule has 0 saturated carbocycles. The minimum atomic E-state index is 0.0560. The van der Waals surface area contributed by atoms with Gasteiger partial charge in [0.15, 0.2) is 17.3 Å². The van der Waals surface area contributed by atoms with Crippen molar-refractivity contribution in [2.45, 2.75) is 23.4 Å². The van der Waals surface area contributed by atoms with E-state index >= 15 is 0 Å². The number of Topliss-reactive ketones (excluding diaryl/α,β-unsaturated/α-hetero) is 1. The number of fused-ring (bicyclic) bond motifs is 1. The molecule has 22 heavy (non-hydrogen) atoms.